The Labute approximate surface area is 329 Å². The van der Waals surface area contributed by atoms with Gasteiger partial charge in [0.1, 0.15) is 18.2 Å². The zero-order valence-electron chi connectivity index (χ0n) is 31.0. The summed E-state index contributed by atoms with van der Waals surface area (Å²) in [6.07, 6.45) is 7.07. The Bertz CT molecular complexity index is 1600. The Hall–Kier alpha value is -4.09. The molecule has 4 aliphatic rings. The van der Waals surface area contributed by atoms with Gasteiger partial charge in [-0.15, -0.1) is 23.5 Å². The summed E-state index contributed by atoms with van der Waals surface area (Å²) in [7, 11) is 0. The summed E-state index contributed by atoms with van der Waals surface area (Å²) in [5, 5.41) is 19.8. The number of hydrogen-bond acceptors (Lipinski definition) is 11. The van der Waals surface area contributed by atoms with Gasteiger partial charge in [-0.25, -0.2) is 9.59 Å². The minimum Gasteiger partial charge on any atom is -0.479 e. The van der Waals surface area contributed by atoms with E-state index < -0.39 is 76.3 Å². The van der Waals surface area contributed by atoms with E-state index in [1.54, 1.807) is 48.6 Å². The van der Waals surface area contributed by atoms with Crippen molar-refractivity contribution in [2.45, 2.75) is 105 Å². The minimum atomic E-state index is -1.36. The first kappa shape index (κ1) is 42.1. The van der Waals surface area contributed by atoms with Crippen molar-refractivity contribution in [3.05, 3.63) is 47.5 Å². The lowest BCUT2D eigenvalue weighted by Crippen LogP contribution is -2.57. The van der Waals surface area contributed by atoms with Gasteiger partial charge in [0.25, 0.3) is 5.91 Å². The fraction of sp³-hybridized carbons (Fsp3) is 0.605. The molecule has 0 bridgehead atoms. The molecule has 17 heteroatoms. The molecule has 1 aromatic carbocycles. The van der Waals surface area contributed by atoms with Crippen molar-refractivity contribution in [2.75, 3.05) is 37.8 Å². The highest BCUT2D eigenvalue weighted by molar-refractivity contribution is 8.18. The molecule has 3 fully saturated rings. The topological polar surface area (TPSA) is 210 Å². The Balaban J connectivity index is 1.28. The summed E-state index contributed by atoms with van der Waals surface area (Å²) in [6.45, 7) is 2.33. The molecule has 1 spiro atoms. The maximum absolute atomic E-state index is 14.6. The molecular weight excluding hydrogens is 751 g/mol. The number of nitrogens with zero attached hydrogens (tertiary/aromatic N) is 1. The molecule has 55 heavy (non-hydrogen) atoms. The van der Waals surface area contributed by atoms with Crippen molar-refractivity contribution >= 4 is 65.0 Å². The van der Waals surface area contributed by atoms with E-state index in [0.717, 1.165) is 42.8 Å². The van der Waals surface area contributed by atoms with Gasteiger partial charge in [-0.2, -0.15) is 0 Å². The van der Waals surface area contributed by atoms with Crippen molar-refractivity contribution in [1.29, 1.82) is 0 Å². The van der Waals surface area contributed by atoms with Gasteiger partial charge in [-0.1, -0.05) is 49.8 Å². The summed E-state index contributed by atoms with van der Waals surface area (Å²) in [5.41, 5.74) is 1.10. The lowest BCUT2D eigenvalue weighted by Gasteiger charge is -2.33. The summed E-state index contributed by atoms with van der Waals surface area (Å²) >= 11 is 3.40. The number of rotatable bonds is 15. The van der Waals surface area contributed by atoms with Crippen LogP contribution in [0.15, 0.2) is 42.0 Å². The standard InChI is InChI=1S/C38H51N5O10S2/c1-2-10-27(32(45)34(47)39-22-29(44)41-31(36(49)50)25-13-7-4-8-14-25)40-33(46)28-21-38(54-19-9-20-55-38)23-43(28)35(48)30(24-11-5-3-6-12-24)42-37(51)53-26-15-17-52-18-16-26/h4,7-8,11,13-14,26-28,30-31H,2-3,5-6,9-10,12,15-23H2,1H3,(H,39,47)(H,40,46)(H,41,44)(H,42,51)(H,49,50)/t27?,28-,30-,31?/m0/s1. The molecule has 3 heterocycles. The van der Waals surface area contributed by atoms with Crippen LogP contribution in [0, 0.1) is 0 Å². The predicted octanol–water partition coefficient (Wildman–Crippen LogP) is 2.84. The summed E-state index contributed by atoms with van der Waals surface area (Å²) in [5.74, 6) is -3.53. The van der Waals surface area contributed by atoms with Crippen LogP contribution in [0.1, 0.15) is 82.7 Å². The number of alkyl carbamates (subject to hydrolysis) is 1. The lowest BCUT2D eigenvalue weighted by molar-refractivity contribution is -0.143. The van der Waals surface area contributed by atoms with Gasteiger partial charge in [0.2, 0.25) is 23.5 Å². The van der Waals surface area contributed by atoms with Crippen LogP contribution >= 0.6 is 23.5 Å². The third-order valence-electron chi connectivity index (χ3n) is 10.1. The van der Waals surface area contributed by atoms with Crippen LogP contribution in [0.5, 0.6) is 0 Å². The number of benzene rings is 1. The second kappa shape index (κ2) is 20.2. The van der Waals surface area contributed by atoms with Crippen molar-refractivity contribution in [1.82, 2.24) is 26.2 Å². The number of carbonyl (C=O) groups excluding carboxylic acids is 6. The monoisotopic (exact) mass is 801 g/mol. The van der Waals surface area contributed by atoms with Crippen molar-refractivity contribution in [2.24, 2.45) is 0 Å². The highest BCUT2D eigenvalue weighted by Gasteiger charge is 2.52. The normalized spacial score (nSPS) is 21.3. The zero-order chi connectivity index (χ0) is 39.4. The number of carboxylic acid groups (broad SMARTS) is 1. The number of hydrogen-bond donors (Lipinski definition) is 5. The van der Waals surface area contributed by atoms with E-state index in [4.69, 9.17) is 9.47 Å². The van der Waals surface area contributed by atoms with Gasteiger partial charge in [-0.3, -0.25) is 24.0 Å². The minimum absolute atomic E-state index is 0.115. The van der Waals surface area contributed by atoms with Crippen LogP contribution in [0.3, 0.4) is 0 Å². The van der Waals surface area contributed by atoms with Gasteiger partial charge >= 0.3 is 12.1 Å². The molecule has 2 unspecified atom stereocenters. The quantitative estimate of drug-likeness (QED) is 0.128. The average molecular weight is 802 g/mol. The molecule has 1 aromatic rings. The molecule has 0 aromatic heterocycles. The molecular formula is C38H51N5O10S2. The lowest BCUT2D eigenvalue weighted by atomic mass is 9.93. The van der Waals surface area contributed by atoms with E-state index in [1.165, 1.54) is 17.0 Å². The number of allylic oxidation sites excluding steroid dienone is 1. The van der Waals surface area contributed by atoms with Crippen LogP contribution in [-0.4, -0.2) is 118 Å². The third kappa shape index (κ3) is 11.5. The van der Waals surface area contributed by atoms with E-state index in [0.29, 0.717) is 50.9 Å². The zero-order valence-corrected chi connectivity index (χ0v) is 32.7. The number of amides is 5. The number of nitrogens with one attached hydrogen (secondary N) is 4. The maximum Gasteiger partial charge on any atom is 0.408 e. The molecule has 3 aliphatic heterocycles. The number of aliphatic carboxylic acids is 1. The smallest absolute Gasteiger partial charge is 0.408 e. The fourth-order valence-electron chi connectivity index (χ4n) is 7.21. The van der Waals surface area contributed by atoms with E-state index in [-0.39, 0.29) is 19.1 Å². The fourth-order valence-corrected chi connectivity index (χ4v) is 10.6. The summed E-state index contributed by atoms with van der Waals surface area (Å²) in [6, 6.07) is 3.40. The molecule has 3 saturated heterocycles. The number of thioether (sulfide) groups is 2. The molecule has 15 nitrogen and oxygen atoms in total. The number of likely N-dealkylation sites (tertiary alicyclic amines) is 1. The average Bonchev–Trinajstić information content (AvgIpc) is 3.57. The van der Waals surface area contributed by atoms with E-state index >= 15 is 0 Å². The van der Waals surface area contributed by atoms with Crippen molar-refractivity contribution in [3.8, 4) is 0 Å². The SMILES string of the molecule is CCCC(NC(=O)[C@@H]1CC2(CN1C(=O)[C@@H](NC(=O)OC1CCOCC1)C1=CCCCC1)SCCCS2)C(=O)C(=O)NCC(=O)NC(C(=O)O)c1ccccc1. The van der Waals surface area contributed by atoms with Gasteiger partial charge in [0, 0.05) is 25.8 Å². The molecule has 4 atom stereocenters. The van der Waals surface area contributed by atoms with Crippen molar-refractivity contribution < 1.29 is 48.1 Å². The Morgan fingerprint density at radius 2 is 1.69 bits per heavy atom. The van der Waals surface area contributed by atoms with E-state index in [2.05, 4.69) is 21.3 Å². The maximum atomic E-state index is 14.6. The highest BCUT2D eigenvalue weighted by atomic mass is 32.2. The third-order valence-corrected chi connectivity index (χ3v) is 13.4. The molecule has 1 aliphatic carbocycles. The summed E-state index contributed by atoms with van der Waals surface area (Å²) in [4.78, 5) is 94.5. The molecule has 5 amide bonds. The first-order valence-electron chi connectivity index (χ1n) is 19.0. The van der Waals surface area contributed by atoms with Crippen molar-refractivity contribution in [3.63, 3.8) is 0 Å². The molecule has 5 rings (SSSR count). The molecule has 0 radical (unpaired) electrons. The van der Waals surface area contributed by atoms with Gasteiger partial charge in [0.15, 0.2) is 6.04 Å². The number of ketones is 1. The highest BCUT2D eigenvalue weighted by Crippen LogP contribution is 2.50. The molecule has 0 saturated carbocycles. The second-order valence-corrected chi connectivity index (χ2v) is 17.3. The largest absolute Gasteiger partial charge is 0.479 e. The van der Waals surface area contributed by atoms with Crippen LogP contribution in [0.2, 0.25) is 0 Å². The predicted molar refractivity (Wildman–Crippen MR) is 206 cm³/mol. The van der Waals surface area contributed by atoms with Crippen LogP contribution in [-0.2, 0) is 38.2 Å². The molecule has 300 valence electrons. The number of carboxylic acids is 1. The summed E-state index contributed by atoms with van der Waals surface area (Å²) < 4.78 is 10.6. The van der Waals surface area contributed by atoms with Gasteiger partial charge in [-0.05, 0) is 61.2 Å². The van der Waals surface area contributed by atoms with Crippen LogP contribution < -0.4 is 21.3 Å². The van der Waals surface area contributed by atoms with Gasteiger partial charge < -0.3 is 40.7 Å². The van der Waals surface area contributed by atoms with E-state index in [9.17, 15) is 38.7 Å². The Morgan fingerprint density at radius 1 is 0.964 bits per heavy atom. The van der Waals surface area contributed by atoms with Crippen LogP contribution in [0.4, 0.5) is 4.79 Å². The van der Waals surface area contributed by atoms with E-state index in [1.807, 2.05) is 6.08 Å². The van der Waals surface area contributed by atoms with Gasteiger partial charge in [0.05, 0.1) is 29.9 Å². The first-order valence-corrected chi connectivity index (χ1v) is 21.0. The Morgan fingerprint density at radius 3 is 2.35 bits per heavy atom. The first-order chi connectivity index (χ1) is 26.5. The Kier molecular flexibility index (Phi) is 15.4. The number of ether oxygens (including phenoxy) is 2. The number of carbonyl (C=O) groups is 7. The second-order valence-electron chi connectivity index (χ2n) is 14.1. The van der Waals surface area contributed by atoms with Crippen LogP contribution in [0.25, 0.3) is 0 Å². The molecule has 5 N–H and O–H groups in total. The number of Topliss-reactive ketones (excluding diaryl/α,β-unsaturated/α-hetero) is 1.